The van der Waals surface area contributed by atoms with Crippen molar-refractivity contribution in [3.8, 4) is 11.4 Å². The molecule has 0 saturated heterocycles. The quantitative estimate of drug-likeness (QED) is 0.0652. The Morgan fingerprint density at radius 2 is 1.18 bits per heavy atom. The van der Waals surface area contributed by atoms with E-state index in [9.17, 15) is 38.2 Å². The van der Waals surface area contributed by atoms with Crippen molar-refractivity contribution in [1.29, 1.82) is 0 Å². The second-order valence-corrected chi connectivity index (χ2v) is 31.0. The minimum absolute atomic E-state index is 0.0176. The van der Waals surface area contributed by atoms with Crippen molar-refractivity contribution in [2.45, 2.75) is 44.9 Å². The number of fused-ring (bicyclic) bond motifs is 2. The summed E-state index contributed by atoms with van der Waals surface area (Å²) in [6.07, 6.45) is 9.02. The molecule has 62 heavy (non-hydrogen) atoms. The van der Waals surface area contributed by atoms with E-state index >= 15 is 0 Å². The Hall–Kier alpha value is -4.01. The molecule has 0 fully saturated rings. The first-order valence-electron chi connectivity index (χ1n) is 19.0. The van der Waals surface area contributed by atoms with Gasteiger partial charge in [0, 0.05) is 98.5 Å². The van der Waals surface area contributed by atoms with Gasteiger partial charge in [0.2, 0.25) is 0 Å². The van der Waals surface area contributed by atoms with Gasteiger partial charge in [-0.1, -0.05) is 52.3 Å². The number of nitrogens with zero attached hydrogens (tertiary/aromatic N) is 8. The van der Waals surface area contributed by atoms with Crippen LogP contribution in [0.25, 0.3) is 11.4 Å². The zero-order valence-corrected chi connectivity index (χ0v) is 40.9. The monoisotopic (exact) mass is 1250 g/mol. The standard InChI is InChI=1S/C20H20N4O2.C14H12F3N3O.C8H8BrNO2.I3/c25-24(26)19-4-1-16(2-5-19)7-10-22-11-8-17-3-6-20(13-18(17)14-22)23-12-9-21-15-23;15-14(16,17)13(21)19-5-3-10-1-2-12(7-11(10)8-19)20-6-4-18-9-20;9-6-5-7-1-3-8(4-2-7)10(11)12;1-3-2/h1-6,9,12-13,15H,7-8,10-11,14H2;1-2,4,6-7,9H,3,5,8H2;1-4H,5-6H2;/q;;;-1. The predicted molar refractivity (Wildman–Crippen MR) is 247 cm³/mol. The van der Waals surface area contributed by atoms with Gasteiger partial charge in [0.1, 0.15) is 0 Å². The molecule has 0 saturated carbocycles. The van der Waals surface area contributed by atoms with Crippen LogP contribution in [0.15, 0.2) is 122 Å². The topological polar surface area (TPSA) is 145 Å². The third-order valence-corrected chi connectivity index (χ3v) is 10.4. The Kier molecular flexibility index (Phi) is 19.1. The van der Waals surface area contributed by atoms with Crippen molar-refractivity contribution < 1.29 is 41.1 Å². The number of nitro groups is 2. The molecule has 6 aromatic rings. The number of hydrogen-bond donors (Lipinski definition) is 0. The molecule has 2 aromatic heterocycles. The number of non-ortho nitro benzene ring substituents is 2. The van der Waals surface area contributed by atoms with E-state index in [1.165, 1.54) is 23.3 Å². The van der Waals surface area contributed by atoms with Crippen molar-refractivity contribution in [3.05, 3.63) is 176 Å². The Bertz CT molecular complexity index is 2370. The van der Waals surface area contributed by atoms with Gasteiger partial charge in [0.15, 0.2) is 0 Å². The molecule has 13 nitrogen and oxygen atoms in total. The molecule has 0 unspecified atom stereocenters. The maximum absolute atomic E-state index is 12.5. The van der Waals surface area contributed by atoms with Crippen LogP contribution in [0.2, 0.25) is 0 Å². The number of carbonyl (C=O) groups is 1. The van der Waals surface area contributed by atoms with Crippen molar-refractivity contribution in [3.63, 3.8) is 0 Å². The maximum Gasteiger partial charge on any atom is 0.471 e. The summed E-state index contributed by atoms with van der Waals surface area (Å²) in [5.74, 6) is -1.78. The summed E-state index contributed by atoms with van der Waals surface area (Å²) in [6, 6.07) is 25.7. The third-order valence-electron chi connectivity index (χ3n) is 10.0. The number of aromatic nitrogens is 4. The molecular formula is C42H40BrF3I3N8O5-. The minimum atomic E-state index is -4.82. The summed E-state index contributed by atoms with van der Waals surface area (Å²) in [6.45, 7) is 3.01. The van der Waals surface area contributed by atoms with E-state index < -0.39 is 17.0 Å². The zero-order chi connectivity index (χ0) is 44.6. The first kappa shape index (κ1) is 49.0. The summed E-state index contributed by atoms with van der Waals surface area (Å²) in [4.78, 5) is 42.9. The van der Waals surface area contributed by atoms with Crippen LogP contribution in [0, 0.1) is 20.2 Å². The summed E-state index contributed by atoms with van der Waals surface area (Å²) >= 11 is 8.60. The van der Waals surface area contributed by atoms with Crippen LogP contribution in [0.5, 0.6) is 0 Å². The van der Waals surface area contributed by atoms with Gasteiger partial charge in [-0.2, -0.15) is 13.2 Å². The number of aryl methyl sites for hydroxylation is 1. The van der Waals surface area contributed by atoms with Gasteiger partial charge in [0.25, 0.3) is 11.4 Å². The van der Waals surface area contributed by atoms with Gasteiger partial charge in [-0.3, -0.25) is 29.9 Å². The number of rotatable bonds is 9. The smallest absolute Gasteiger partial charge is 0.330 e. The molecule has 0 aliphatic carbocycles. The molecule has 1 amide bonds. The molecule has 2 aliphatic heterocycles. The molecule has 8 rings (SSSR count). The van der Waals surface area contributed by atoms with Crippen LogP contribution in [-0.2, 0) is 43.6 Å². The van der Waals surface area contributed by atoms with Crippen LogP contribution in [-0.4, -0.2) is 75.8 Å². The van der Waals surface area contributed by atoms with Crippen LogP contribution in [0.4, 0.5) is 24.5 Å². The van der Waals surface area contributed by atoms with E-state index in [1.54, 1.807) is 59.8 Å². The Morgan fingerprint density at radius 3 is 1.61 bits per heavy atom. The predicted octanol–water partition coefficient (Wildman–Crippen LogP) is 7.01. The van der Waals surface area contributed by atoms with Crippen LogP contribution < -0.4 is 13.3 Å². The molecule has 0 spiro atoms. The zero-order valence-electron chi connectivity index (χ0n) is 32.9. The summed E-state index contributed by atoms with van der Waals surface area (Å²) in [7, 11) is 0. The van der Waals surface area contributed by atoms with E-state index in [4.69, 9.17) is 0 Å². The number of amides is 1. The minimum Gasteiger partial charge on any atom is -0.330 e. The molecule has 4 heterocycles. The summed E-state index contributed by atoms with van der Waals surface area (Å²) in [5, 5.41) is 21.9. The van der Waals surface area contributed by atoms with Crippen LogP contribution >= 0.6 is 53.2 Å². The van der Waals surface area contributed by atoms with E-state index in [-0.39, 0.29) is 29.4 Å². The van der Waals surface area contributed by atoms with Gasteiger partial charge in [-0.15, -0.1) is 0 Å². The van der Waals surface area contributed by atoms with Crippen molar-refractivity contribution in [1.82, 2.24) is 28.9 Å². The average Bonchev–Trinajstić information content (AvgIpc) is 4.02. The molecule has 20 heteroatoms. The number of carbonyl (C=O) groups excluding carboxylic acids is 1. The second-order valence-electron chi connectivity index (χ2n) is 13.9. The largest absolute Gasteiger partial charge is 0.471 e. The fourth-order valence-corrected chi connectivity index (χ4v) is 7.26. The molecule has 0 radical (unpaired) electrons. The molecule has 0 N–H and O–H groups in total. The number of benzene rings is 4. The fraction of sp³-hybridized carbons (Fsp3) is 0.262. The Morgan fingerprint density at radius 1 is 0.710 bits per heavy atom. The average molecular weight is 1250 g/mol. The normalized spacial score (nSPS) is 13.2. The molecule has 2 aliphatic rings. The number of imidazole rings is 2. The van der Waals surface area contributed by atoms with Gasteiger partial charge in [-0.25, -0.2) is 9.97 Å². The Balaban J connectivity index is 0.000000180. The van der Waals surface area contributed by atoms with Gasteiger partial charge < -0.3 is 14.0 Å². The fourth-order valence-electron chi connectivity index (χ4n) is 6.80. The van der Waals surface area contributed by atoms with Gasteiger partial charge in [0.05, 0.1) is 22.5 Å². The van der Waals surface area contributed by atoms with Gasteiger partial charge >= 0.3 is 62.6 Å². The molecule has 0 bridgehead atoms. The van der Waals surface area contributed by atoms with Crippen molar-refractivity contribution in [2.75, 3.05) is 25.0 Å². The molecule has 328 valence electrons. The van der Waals surface area contributed by atoms with Gasteiger partial charge in [-0.05, 0) is 83.3 Å². The maximum atomic E-state index is 12.5. The third kappa shape index (κ3) is 14.5. The first-order valence-corrected chi connectivity index (χ1v) is 32.7. The number of nitro benzene ring substituents is 2. The molecule has 0 atom stereocenters. The van der Waals surface area contributed by atoms with E-state index in [1.807, 2.05) is 41.4 Å². The summed E-state index contributed by atoms with van der Waals surface area (Å²) in [5.41, 5.74) is 8.99. The molecule has 4 aromatic carbocycles. The number of alkyl halides is 4. The second kappa shape index (κ2) is 24.2. The van der Waals surface area contributed by atoms with Crippen LogP contribution in [0.3, 0.4) is 0 Å². The SMILES string of the molecule is I[I-]I.O=C(N1CCc2ccc(-n3ccnc3)cc2C1)C(F)(F)F.O=[N+]([O-])c1ccc(CCBr)cc1.O=[N+]([O-])c1ccc(CCN2CCc3ccc(-n4ccnc4)cc3C2)cc1. The van der Waals surface area contributed by atoms with E-state index in [0.29, 0.717) is 19.7 Å². The van der Waals surface area contributed by atoms with Crippen molar-refractivity contribution in [2.24, 2.45) is 0 Å². The number of hydrogen-bond acceptors (Lipinski definition) is 8. The van der Waals surface area contributed by atoms with E-state index in [0.717, 1.165) is 82.8 Å². The van der Waals surface area contributed by atoms with E-state index in [2.05, 4.69) is 86.2 Å². The summed E-state index contributed by atoms with van der Waals surface area (Å²) < 4.78 is 41.3. The van der Waals surface area contributed by atoms with Crippen molar-refractivity contribution >= 4 is 70.4 Å². The Labute approximate surface area is 394 Å². The first-order chi connectivity index (χ1) is 29.8. The van der Waals surface area contributed by atoms with Crippen LogP contribution in [0.1, 0.15) is 33.4 Å². The molecular weight excluding hydrogens is 1210 g/mol. The number of halogens is 7.